The van der Waals surface area contributed by atoms with Crippen LogP contribution < -0.4 is 11.5 Å². The molecule has 36 heavy (non-hydrogen) atoms. The molecule has 0 aromatic heterocycles. The Labute approximate surface area is 220 Å². The van der Waals surface area contributed by atoms with Crippen LogP contribution in [0.3, 0.4) is 0 Å². The van der Waals surface area contributed by atoms with Crippen LogP contribution in [0.25, 0.3) is 5.76 Å². The summed E-state index contributed by atoms with van der Waals surface area (Å²) >= 11 is 0. The highest BCUT2D eigenvalue weighted by Gasteiger charge is 2.58. The van der Waals surface area contributed by atoms with Gasteiger partial charge < -0.3 is 16.2 Å². The number of nitrogens with two attached hydrogens (primary N) is 2. The number of hydrogen-bond donors (Lipinski definition) is 2. The molecule has 5 rings (SSSR count). The van der Waals surface area contributed by atoms with Crippen molar-refractivity contribution in [2.45, 2.75) is 104 Å². The Bertz CT molecular complexity index is 964. The molecule has 1 aromatic carbocycles. The van der Waals surface area contributed by atoms with Crippen molar-refractivity contribution in [1.29, 1.82) is 0 Å². The van der Waals surface area contributed by atoms with Crippen LogP contribution in [-0.4, -0.2) is 6.10 Å². The number of unbranched alkanes of at least 4 members (excludes halogenated alkanes) is 3. The van der Waals surface area contributed by atoms with Gasteiger partial charge in [-0.15, -0.1) is 0 Å². The molecule has 0 bridgehead atoms. The Balaban J connectivity index is 1.25. The van der Waals surface area contributed by atoms with Gasteiger partial charge in [0.2, 0.25) is 0 Å². The molecule has 4 aliphatic rings. The molecular weight excluding hydrogens is 440 g/mol. The summed E-state index contributed by atoms with van der Waals surface area (Å²) < 4.78 is 6.43. The molecule has 4 aliphatic carbocycles. The van der Waals surface area contributed by atoms with Crippen LogP contribution in [-0.2, 0) is 4.74 Å². The van der Waals surface area contributed by atoms with Gasteiger partial charge in [-0.2, -0.15) is 0 Å². The van der Waals surface area contributed by atoms with E-state index in [1.807, 2.05) is 12.1 Å². The summed E-state index contributed by atoms with van der Waals surface area (Å²) in [5.74, 6) is 4.77. The molecule has 3 nitrogen and oxygen atoms in total. The van der Waals surface area contributed by atoms with Gasteiger partial charge in [0.05, 0.1) is 6.10 Å². The molecule has 4 N–H and O–H groups in total. The van der Waals surface area contributed by atoms with E-state index in [4.69, 9.17) is 16.2 Å². The van der Waals surface area contributed by atoms with Gasteiger partial charge in [0.1, 0.15) is 5.76 Å². The van der Waals surface area contributed by atoms with Crippen molar-refractivity contribution < 1.29 is 4.74 Å². The highest BCUT2D eigenvalue weighted by Crippen LogP contribution is 2.66. The van der Waals surface area contributed by atoms with Gasteiger partial charge in [0.15, 0.2) is 0 Å². The fraction of sp³-hybridized carbons (Fsp3) is 0.697. The Morgan fingerprint density at radius 3 is 2.39 bits per heavy atom. The largest absolute Gasteiger partial charge is 0.490 e. The molecule has 3 fully saturated rings. The molecule has 8 atom stereocenters. The summed E-state index contributed by atoms with van der Waals surface area (Å²) in [5.41, 5.74) is 15.2. The maximum absolute atomic E-state index is 6.43. The van der Waals surface area contributed by atoms with E-state index in [1.54, 1.807) is 6.07 Å². The Morgan fingerprint density at radius 1 is 0.917 bits per heavy atom. The predicted molar refractivity (Wildman–Crippen MR) is 153 cm³/mol. The highest BCUT2D eigenvalue weighted by atomic mass is 16.5. The summed E-state index contributed by atoms with van der Waals surface area (Å²) in [7, 11) is 0. The number of hydrogen-bond acceptors (Lipinski definition) is 3. The monoisotopic (exact) mass is 490 g/mol. The van der Waals surface area contributed by atoms with Crippen LogP contribution in [0.1, 0.15) is 103 Å². The van der Waals surface area contributed by atoms with E-state index >= 15 is 0 Å². The zero-order chi connectivity index (χ0) is 25.5. The van der Waals surface area contributed by atoms with Crippen LogP contribution in [0, 0.1) is 40.4 Å². The van der Waals surface area contributed by atoms with E-state index in [2.05, 4.69) is 39.5 Å². The number of rotatable bonds is 8. The van der Waals surface area contributed by atoms with Crippen molar-refractivity contribution in [2.75, 3.05) is 11.5 Å². The second-order valence-corrected chi connectivity index (χ2v) is 13.3. The molecular formula is C33H50N2O. The zero-order valence-electron chi connectivity index (χ0n) is 23.1. The van der Waals surface area contributed by atoms with Crippen LogP contribution >= 0.6 is 0 Å². The third-order valence-corrected chi connectivity index (χ3v) is 11.3. The van der Waals surface area contributed by atoms with E-state index in [1.165, 1.54) is 64.2 Å². The third-order valence-electron chi connectivity index (χ3n) is 11.3. The fourth-order valence-electron chi connectivity index (χ4n) is 9.20. The minimum absolute atomic E-state index is 0.215. The first-order chi connectivity index (χ1) is 17.2. The van der Waals surface area contributed by atoms with Gasteiger partial charge in [-0.1, -0.05) is 65.2 Å². The SMILES string of the molecule is C=C(OC1CCC2(C)C(C=CC3C2CCC2(C)C(CCCCCC)CCC32)C1)c1cc(N)cc(N)c1. The first kappa shape index (κ1) is 25.7. The number of ether oxygens (including phenoxy) is 1. The van der Waals surface area contributed by atoms with Crippen LogP contribution in [0.15, 0.2) is 36.9 Å². The second-order valence-electron chi connectivity index (χ2n) is 13.3. The molecule has 3 saturated carbocycles. The van der Waals surface area contributed by atoms with Crippen molar-refractivity contribution in [3.63, 3.8) is 0 Å². The minimum atomic E-state index is 0.215. The summed E-state index contributed by atoms with van der Waals surface area (Å²) in [6.07, 6.45) is 21.8. The Morgan fingerprint density at radius 2 is 1.64 bits per heavy atom. The predicted octanol–water partition coefficient (Wildman–Crippen LogP) is 8.61. The Hall–Kier alpha value is -1.90. The Kier molecular flexibility index (Phi) is 7.22. The van der Waals surface area contributed by atoms with Gasteiger partial charge in [0.25, 0.3) is 0 Å². The van der Waals surface area contributed by atoms with Gasteiger partial charge in [0, 0.05) is 16.9 Å². The van der Waals surface area contributed by atoms with Gasteiger partial charge >= 0.3 is 0 Å². The molecule has 198 valence electrons. The van der Waals surface area contributed by atoms with E-state index in [0.717, 1.165) is 42.1 Å². The molecule has 0 spiro atoms. The van der Waals surface area contributed by atoms with E-state index in [0.29, 0.717) is 33.9 Å². The van der Waals surface area contributed by atoms with Crippen LogP contribution in [0.4, 0.5) is 11.4 Å². The lowest BCUT2D eigenvalue weighted by Crippen LogP contribution is -2.52. The number of anilines is 2. The van der Waals surface area contributed by atoms with Gasteiger partial charge in [-0.05, 0) is 110 Å². The van der Waals surface area contributed by atoms with Gasteiger partial charge in [-0.3, -0.25) is 0 Å². The van der Waals surface area contributed by atoms with Crippen molar-refractivity contribution in [2.24, 2.45) is 40.4 Å². The smallest absolute Gasteiger partial charge is 0.119 e. The average molecular weight is 491 g/mol. The van der Waals surface area contributed by atoms with Gasteiger partial charge in [-0.25, -0.2) is 0 Å². The lowest BCUT2D eigenvalue weighted by atomic mass is 9.46. The lowest BCUT2D eigenvalue weighted by molar-refractivity contribution is -0.0773. The molecule has 0 amide bonds. The standard InChI is InChI=1S/C33H50N2O/c1-5-6-7-8-9-24-11-13-30-29-12-10-25-20-28(36-22(2)23-18-26(34)21-27(35)19-23)14-16-33(25,4)31(29)15-17-32(24,30)3/h10,12,18-19,21,24-25,28-31H,2,5-9,11,13-17,20,34-35H2,1,3-4H3. The number of allylic oxidation sites excluding steroid dienone is 2. The highest BCUT2D eigenvalue weighted by molar-refractivity contribution is 5.67. The molecule has 1 aromatic rings. The average Bonchev–Trinajstić information content (AvgIpc) is 3.17. The second kappa shape index (κ2) is 10.1. The molecule has 0 heterocycles. The topological polar surface area (TPSA) is 61.3 Å². The van der Waals surface area contributed by atoms with Crippen molar-refractivity contribution in [3.05, 3.63) is 42.5 Å². The maximum atomic E-state index is 6.43. The van der Waals surface area contributed by atoms with E-state index in [9.17, 15) is 0 Å². The fourth-order valence-corrected chi connectivity index (χ4v) is 9.20. The third kappa shape index (κ3) is 4.61. The van der Waals surface area contributed by atoms with Crippen LogP contribution in [0.2, 0.25) is 0 Å². The normalized spacial score (nSPS) is 39.2. The minimum Gasteiger partial charge on any atom is -0.490 e. The lowest BCUT2D eigenvalue weighted by Gasteiger charge is -2.59. The number of nitrogen functional groups attached to an aromatic ring is 2. The maximum Gasteiger partial charge on any atom is 0.119 e. The number of benzene rings is 1. The van der Waals surface area contributed by atoms with Crippen LogP contribution in [0.5, 0.6) is 0 Å². The van der Waals surface area contributed by atoms with E-state index in [-0.39, 0.29) is 6.10 Å². The molecule has 0 saturated heterocycles. The van der Waals surface area contributed by atoms with Crippen molar-refractivity contribution in [3.8, 4) is 0 Å². The summed E-state index contributed by atoms with van der Waals surface area (Å²) in [4.78, 5) is 0. The molecule has 0 radical (unpaired) electrons. The molecule has 3 heteroatoms. The summed E-state index contributed by atoms with van der Waals surface area (Å²) in [6.45, 7) is 11.8. The van der Waals surface area contributed by atoms with Crippen molar-refractivity contribution >= 4 is 17.1 Å². The van der Waals surface area contributed by atoms with E-state index < -0.39 is 0 Å². The molecule has 0 aliphatic heterocycles. The number of fused-ring (bicyclic) bond motifs is 5. The summed E-state index contributed by atoms with van der Waals surface area (Å²) in [5, 5.41) is 0. The molecule has 8 unspecified atom stereocenters. The van der Waals surface area contributed by atoms with Crippen molar-refractivity contribution in [1.82, 2.24) is 0 Å². The summed E-state index contributed by atoms with van der Waals surface area (Å²) in [6, 6.07) is 5.60. The first-order valence-electron chi connectivity index (χ1n) is 14.9. The quantitative estimate of drug-likeness (QED) is 0.166. The zero-order valence-corrected chi connectivity index (χ0v) is 23.1. The first-order valence-corrected chi connectivity index (χ1v) is 14.9.